The van der Waals surface area contributed by atoms with Crippen LogP contribution in [0.5, 0.6) is 5.75 Å². The van der Waals surface area contributed by atoms with Crippen LogP contribution in [0.15, 0.2) is 18.2 Å². The molecule has 0 aliphatic rings. The smallest absolute Gasteiger partial charge is 0.232 e. The highest BCUT2D eigenvalue weighted by Gasteiger charge is 2.13. The predicted octanol–water partition coefficient (Wildman–Crippen LogP) is 2.53. The molecule has 21 heavy (non-hydrogen) atoms. The van der Waals surface area contributed by atoms with Crippen LogP contribution in [0.4, 0.5) is 5.69 Å². The molecule has 0 aliphatic carbocycles. The van der Waals surface area contributed by atoms with Gasteiger partial charge in [-0.2, -0.15) is 0 Å². The third-order valence-electron chi connectivity index (χ3n) is 3.06. The number of aryl methyl sites for hydroxylation is 1. The number of rotatable bonds is 10. The molecule has 0 unspecified atom stereocenters. The number of unbranched alkanes of at least 4 members (excludes halogenated alkanes) is 1. The first-order valence-electron chi connectivity index (χ1n) is 7.34. The second kappa shape index (κ2) is 8.89. The van der Waals surface area contributed by atoms with Crippen molar-refractivity contribution in [1.82, 2.24) is 5.32 Å². The maximum atomic E-state index is 12.1. The summed E-state index contributed by atoms with van der Waals surface area (Å²) < 4.78 is 31.9. The van der Waals surface area contributed by atoms with Crippen LogP contribution in [0, 0.1) is 6.92 Å². The molecule has 0 aliphatic heterocycles. The van der Waals surface area contributed by atoms with E-state index < -0.39 is 10.0 Å². The van der Waals surface area contributed by atoms with E-state index in [1.54, 1.807) is 12.1 Å². The number of nitrogens with one attached hydrogen (secondary N) is 2. The summed E-state index contributed by atoms with van der Waals surface area (Å²) in [4.78, 5) is 0. The fourth-order valence-electron chi connectivity index (χ4n) is 1.96. The second-order valence-electron chi connectivity index (χ2n) is 5.08. The Morgan fingerprint density at radius 3 is 2.62 bits per heavy atom. The van der Waals surface area contributed by atoms with Crippen molar-refractivity contribution in [3.8, 4) is 5.75 Å². The van der Waals surface area contributed by atoms with Gasteiger partial charge in [-0.25, -0.2) is 8.42 Å². The van der Waals surface area contributed by atoms with Crippen molar-refractivity contribution in [2.45, 2.75) is 33.1 Å². The zero-order valence-electron chi connectivity index (χ0n) is 13.1. The minimum absolute atomic E-state index is 0.123. The molecule has 0 spiro atoms. The van der Waals surface area contributed by atoms with Crippen molar-refractivity contribution in [3.63, 3.8) is 0 Å². The first kappa shape index (κ1) is 17.8. The van der Waals surface area contributed by atoms with E-state index in [0.29, 0.717) is 17.9 Å². The summed E-state index contributed by atoms with van der Waals surface area (Å²) in [5.74, 6) is 0.659. The van der Waals surface area contributed by atoms with Crippen molar-refractivity contribution in [2.24, 2.45) is 0 Å². The van der Waals surface area contributed by atoms with Crippen LogP contribution < -0.4 is 14.8 Å². The molecule has 0 saturated carbocycles. The van der Waals surface area contributed by atoms with Gasteiger partial charge in [-0.05, 0) is 57.0 Å². The fourth-order valence-corrected chi connectivity index (χ4v) is 3.14. The molecule has 5 nitrogen and oxygen atoms in total. The quantitative estimate of drug-likeness (QED) is 0.651. The Bertz CT molecular complexity index is 530. The fraction of sp³-hybridized carbons (Fsp3) is 0.600. The van der Waals surface area contributed by atoms with Crippen molar-refractivity contribution < 1.29 is 13.2 Å². The summed E-state index contributed by atoms with van der Waals surface area (Å²) in [7, 11) is -1.80. The Morgan fingerprint density at radius 2 is 1.95 bits per heavy atom. The molecule has 0 amide bonds. The molecule has 0 saturated heterocycles. The summed E-state index contributed by atoms with van der Waals surface area (Å²) in [5, 5.41) is 3.26. The molecule has 0 atom stereocenters. The molecule has 0 heterocycles. The van der Waals surface area contributed by atoms with Gasteiger partial charge >= 0.3 is 0 Å². The highest BCUT2D eigenvalue weighted by atomic mass is 32.2. The highest BCUT2D eigenvalue weighted by Crippen LogP contribution is 2.26. The zero-order valence-corrected chi connectivity index (χ0v) is 13.9. The number of benzene rings is 1. The Morgan fingerprint density at radius 1 is 1.19 bits per heavy atom. The van der Waals surface area contributed by atoms with Gasteiger partial charge in [0.1, 0.15) is 5.75 Å². The molecular weight excluding hydrogens is 288 g/mol. The van der Waals surface area contributed by atoms with E-state index in [0.717, 1.165) is 31.5 Å². The van der Waals surface area contributed by atoms with Gasteiger partial charge in [-0.15, -0.1) is 0 Å². The third kappa shape index (κ3) is 6.82. The number of hydrogen-bond donors (Lipinski definition) is 2. The van der Waals surface area contributed by atoms with Crippen LogP contribution in [0.1, 0.15) is 31.7 Å². The molecule has 1 aromatic rings. The predicted molar refractivity (Wildman–Crippen MR) is 87.5 cm³/mol. The van der Waals surface area contributed by atoms with E-state index in [1.165, 1.54) is 7.11 Å². The highest BCUT2D eigenvalue weighted by molar-refractivity contribution is 7.92. The average molecular weight is 314 g/mol. The van der Waals surface area contributed by atoms with E-state index in [4.69, 9.17) is 4.74 Å². The number of hydrogen-bond acceptors (Lipinski definition) is 4. The molecule has 0 bridgehead atoms. The second-order valence-corrected chi connectivity index (χ2v) is 6.92. The zero-order chi connectivity index (χ0) is 15.7. The summed E-state index contributed by atoms with van der Waals surface area (Å²) >= 11 is 0. The van der Waals surface area contributed by atoms with Gasteiger partial charge in [0.2, 0.25) is 10.0 Å². The SMILES string of the molecule is CCCNCCCCS(=O)(=O)Nc1cc(C)ccc1OC. The lowest BCUT2D eigenvalue weighted by molar-refractivity contribution is 0.417. The van der Waals surface area contributed by atoms with Crippen LogP contribution >= 0.6 is 0 Å². The van der Waals surface area contributed by atoms with Crippen LogP contribution in [0.3, 0.4) is 0 Å². The maximum Gasteiger partial charge on any atom is 0.232 e. The minimum Gasteiger partial charge on any atom is -0.495 e. The van der Waals surface area contributed by atoms with Crippen molar-refractivity contribution >= 4 is 15.7 Å². The molecule has 0 fully saturated rings. The van der Waals surface area contributed by atoms with E-state index in [2.05, 4.69) is 17.0 Å². The monoisotopic (exact) mass is 314 g/mol. The number of ether oxygens (including phenoxy) is 1. The number of methoxy groups -OCH3 is 1. The molecule has 2 N–H and O–H groups in total. The van der Waals surface area contributed by atoms with Crippen LogP contribution in [-0.4, -0.2) is 34.4 Å². The van der Waals surface area contributed by atoms with Gasteiger partial charge in [0, 0.05) is 0 Å². The van der Waals surface area contributed by atoms with Gasteiger partial charge in [0.05, 0.1) is 18.6 Å². The van der Waals surface area contributed by atoms with Gasteiger partial charge in [0.15, 0.2) is 0 Å². The minimum atomic E-state index is -3.33. The standard InChI is InChI=1S/C15H26N2O3S/c1-4-9-16-10-5-6-11-21(18,19)17-14-12-13(2)7-8-15(14)20-3/h7-8,12,16-17H,4-6,9-11H2,1-3H3. The van der Waals surface area contributed by atoms with E-state index in [9.17, 15) is 8.42 Å². The maximum absolute atomic E-state index is 12.1. The van der Waals surface area contributed by atoms with Crippen LogP contribution in [0.25, 0.3) is 0 Å². The summed E-state index contributed by atoms with van der Waals surface area (Å²) in [6.45, 7) is 5.86. The molecule has 0 radical (unpaired) electrons. The molecule has 1 rings (SSSR count). The normalized spacial score (nSPS) is 11.4. The van der Waals surface area contributed by atoms with E-state index in [-0.39, 0.29) is 5.75 Å². The van der Waals surface area contributed by atoms with Crippen molar-refractivity contribution in [3.05, 3.63) is 23.8 Å². The molecule has 0 aromatic heterocycles. The lowest BCUT2D eigenvalue weighted by Crippen LogP contribution is -2.20. The first-order chi connectivity index (χ1) is 9.98. The Kier molecular flexibility index (Phi) is 7.53. The third-order valence-corrected chi connectivity index (χ3v) is 4.42. The van der Waals surface area contributed by atoms with Gasteiger partial charge < -0.3 is 10.1 Å². The largest absolute Gasteiger partial charge is 0.495 e. The number of anilines is 1. The lowest BCUT2D eigenvalue weighted by Gasteiger charge is -2.12. The van der Waals surface area contributed by atoms with E-state index in [1.807, 2.05) is 13.0 Å². The molecule has 6 heteroatoms. The van der Waals surface area contributed by atoms with Gasteiger partial charge in [-0.3, -0.25) is 4.72 Å². The molecule has 1 aromatic carbocycles. The van der Waals surface area contributed by atoms with Crippen molar-refractivity contribution in [2.75, 3.05) is 30.7 Å². The molecule has 120 valence electrons. The number of sulfonamides is 1. The average Bonchev–Trinajstić information content (AvgIpc) is 2.42. The summed E-state index contributed by atoms with van der Waals surface area (Å²) in [6, 6.07) is 5.43. The summed E-state index contributed by atoms with van der Waals surface area (Å²) in [5.41, 5.74) is 1.49. The Hall–Kier alpha value is -1.27. The molecular formula is C15H26N2O3S. The lowest BCUT2D eigenvalue weighted by atomic mass is 10.2. The Balaban J connectivity index is 2.50. The Labute approximate surface area is 128 Å². The topological polar surface area (TPSA) is 67.4 Å². The van der Waals surface area contributed by atoms with Crippen molar-refractivity contribution in [1.29, 1.82) is 0 Å². The van der Waals surface area contributed by atoms with E-state index >= 15 is 0 Å². The first-order valence-corrected chi connectivity index (χ1v) is 8.99. The van der Waals surface area contributed by atoms with Gasteiger partial charge in [-0.1, -0.05) is 13.0 Å². The van der Waals surface area contributed by atoms with Crippen LogP contribution in [0.2, 0.25) is 0 Å². The van der Waals surface area contributed by atoms with Crippen LogP contribution in [-0.2, 0) is 10.0 Å². The summed E-state index contributed by atoms with van der Waals surface area (Å²) in [6.07, 6.45) is 2.58. The van der Waals surface area contributed by atoms with Gasteiger partial charge in [0.25, 0.3) is 0 Å².